The van der Waals surface area contributed by atoms with Gasteiger partial charge in [-0.05, 0) is 49.4 Å². The molecule has 1 aliphatic carbocycles. The van der Waals surface area contributed by atoms with E-state index in [2.05, 4.69) is 42.6 Å². The maximum Gasteiger partial charge on any atom is 0.105 e. The van der Waals surface area contributed by atoms with Gasteiger partial charge in [0.15, 0.2) is 0 Å². The van der Waals surface area contributed by atoms with Crippen LogP contribution in [0.25, 0.3) is 0 Å². The zero-order valence-corrected chi connectivity index (χ0v) is 11.6. The number of fused-ring (bicyclic) bond motifs is 1. The fraction of sp³-hybridized carbons (Fsp3) is 0.412. The van der Waals surface area contributed by atoms with E-state index in [0.717, 1.165) is 18.7 Å². The van der Waals surface area contributed by atoms with Gasteiger partial charge in [-0.3, -0.25) is 0 Å². The van der Waals surface area contributed by atoms with Crippen LogP contribution in [0.15, 0.2) is 41.0 Å². The van der Waals surface area contributed by atoms with Crippen LogP contribution in [-0.2, 0) is 6.42 Å². The molecule has 0 radical (unpaired) electrons. The predicted octanol–water partition coefficient (Wildman–Crippen LogP) is 3.97. The van der Waals surface area contributed by atoms with Crippen LogP contribution in [0, 0.1) is 6.92 Å². The van der Waals surface area contributed by atoms with E-state index in [9.17, 15) is 0 Å². The zero-order valence-electron chi connectivity index (χ0n) is 11.6. The standard InChI is InChI=1S/C17H21NO/c1-3-18-17(15-8-9-19-12(15)2)11-14-10-13-6-4-5-7-16(13)14/h4-9,14,17-18H,3,10-11H2,1-2H3. The maximum absolute atomic E-state index is 5.45. The molecular weight excluding hydrogens is 234 g/mol. The van der Waals surface area contributed by atoms with Crippen LogP contribution in [0.5, 0.6) is 0 Å². The average molecular weight is 255 g/mol. The van der Waals surface area contributed by atoms with Crippen LogP contribution >= 0.6 is 0 Å². The van der Waals surface area contributed by atoms with Crippen molar-refractivity contribution in [2.75, 3.05) is 6.54 Å². The molecule has 0 spiro atoms. The van der Waals surface area contributed by atoms with Crippen molar-refractivity contribution in [2.24, 2.45) is 0 Å². The summed E-state index contributed by atoms with van der Waals surface area (Å²) >= 11 is 0. The van der Waals surface area contributed by atoms with Gasteiger partial charge in [-0.1, -0.05) is 31.2 Å². The van der Waals surface area contributed by atoms with Gasteiger partial charge >= 0.3 is 0 Å². The van der Waals surface area contributed by atoms with Gasteiger partial charge in [0.2, 0.25) is 0 Å². The highest BCUT2D eigenvalue weighted by molar-refractivity contribution is 5.40. The smallest absolute Gasteiger partial charge is 0.105 e. The van der Waals surface area contributed by atoms with Crippen LogP contribution in [0.2, 0.25) is 0 Å². The average Bonchev–Trinajstić information content (AvgIpc) is 2.81. The van der Waals surface area contributed by atoms with Crippen molar-refractivity contribution in [1.29, 1.82) is 0 Å². The molecule has 0 saturated carbocycles. The van der Waals surface area contributed by atoms with E-state index in [4.69, 9.17) is 4.42 Å². The lowest BCUT2D eigenvalue weighted by Crippen LogP contribution is -2.27. The highest BCUT2D eigenvalue weighted by atomic mass is 16.3. The molecule has 0 aliphatic heterocycles. The number of aryl methyl sites for hydroxylation is 1. The highest BCUT2D eigenvalue weighted by Gasteiger charge is 2.29. The molecule has 2 atom stereocenters. The minimum atomic E-state index is 0.405. The Balaban J connectivity index is 1.76. The largest absolute Gasteiger partial charge is 0.469 e. The van der Waals surface area contributed by atoms with Gasteiger partial charge in [0.05, 0.1) is 6.26 Å². The molecule has 2 nitrogen and oxygen atoms in total. The van der Waals surface area contributed by atoms with E-state index in [0.29, 0.717) is 12.0 Å². The van der Waals surface area contributed by atoms with Crippen molar-refractivity contribution >= 4 is 0 Å². The third-order valence-electron chi connectivity index (χ3n) is 4.21. The first kappa shape index (κ1) is 12.5. The van der Waals surface area contributed by atoms with E-state index in [-0.39, 0.29) is 0 Å². The Kier molecular flexibility index (Phi) is 3.43. The summed E-state index contributed by atoms with van der Waals surface area (Å²) in [5.74, 6) is 1.73. The lowest BCUT2D eigenvalue weighted by Gasteiger charge is -2.33. The molecule has 0 amide bonds. The Bertz CT molecular complexity index is 558. The number of rotatable bonds is 5. The number of benzene rings is 1. The summed E-state index contributed by atoms with van der Waals surface area (Å²) < 4.78 is 5.45. The quantitative estimate of drug-likeness (QED) is 0.874. The number of nitrogens with one attached hydrogen (secondary N) is 1. The van der Waals surface area contributed by atoms with Crippen molar-refractivity contribution in [3.63, 3.8) is 0 Å². The van der Waals surface area contributed by atoms with Crippen molar-refractivity contribution in [3.8, 4) is 0 Å². The van der Waals surface area contributed by atoms with Crippen LogP contribution in [-0.4, -0.2) is 6.54 Å². The minimum absolute atomic E-state index is 0.405. The van der Waals surface area contributed by atoms with Crippen molar-refractivity contribution in [1.82, 2.24) is 5.32 Å². The van der Waals surface area contributed by atoms with E-state index < -0.39 is 0 Å². The normalized spacial score (nSPS) is 18.7. The lowest BCUT2D eigenvalue weighted by atomic mass is 9.74. The van der Waals surface area contributed by atoms with Gasteiger partial charge in [-0.25, -0.2) is 0 Å². The fourth-order valence-corrected chi connectivity index (χ4v) is 3.18. The molecule has 2 unspecified atom stereocenters. The van der Waals surface area contributed by atoms with Gasteiger partial charge in [-0.15, -0.1) is 0 Å². The molecule has 100 valence electrons. The first-order chi connectivity index (χ1) is 9.29. The Morgan fingerprint density at radius 3 is 2.84 bits per heavy atom. The topological polar surface area (TPSA) is 25.2 Å². The van der Waals surface area contributed by atoms with Crippen LogP contribution in [0.3, 0.4) is 0 Å². The molecule has 19 heavy (non-hydrogen) atoms. The summed E-state index contributed by atoms with van der Waals surface area (Å²) in [4.78, 5) is 0. The van der Waals surface area contributed by atoms with Gasteiger partial charge in [0.25, 0.3) is 0 Å². The summed E-state index contributed by atoms with van der Waals surface area (Å²) in [5, 5.41) is 3.60. The van der Waals surface area contributed by atoms with Gasteiger partial charge in [0, 0.05) is 11.6 Å². The Morgan fingerprint density at radius 1 is 1.32 bits per heavy atom. The second-order valence-electron chi connectivity index (χ2n) is 5.38. The van der Waals surface area contributed by atoms with Crippen LogP contribution < -0.4 is 5.32 Å². The van der Waals surface area contributed by atoms with Crippen molar-refractivity contribution in [3.05, 3.63) is 59.0 Å². The second kappa shape index (κ2) is 5.22. The molecule has 1 N–H and O–H groups in total. The zero-order chi connectivity index (χ0) is 13.2. The summed E-state index contributed by atoms with van der Waals surface area (Å²) in [5.41, 5.74) is 4.37. The van der Waals surface area contributed by atoms with Gasteiger partial charge in [-0.2, -0.15) is 0 Å². The Hall–Kier alpha value is -1.54. The molecular formula is C17H21NO. The molecule has 0 bridgehead atoms. The molecule has 3 rings (SSSR count). The van der Waals surface area contributed by atoms with E-state index >= 15 is 0 Å². The maximum atomic E-state index is 5.45. The first-order valence-electron chi connectivity index (χ1n) is 7.14. The van der Waals surface area contributed by atoms with E-state index in [1.807, 2.05) is 6.92 Å². The highest BCUT2D eigenvalue weighted by Crippen LogP contribution is 2.41. The fourth-order valence-electron chi connectivity index (χ4n) is 3.18. The third kappa shape index (κ3) is 2.33. The summed E-state index contributed by atoms with van der Waals surface area (Å²) in [6.07, 6.45) is 4.17. The first-order valence-corrected chi connectivity index (χ1v) is 7.14. The van der Waals surface area contributed by atoms with Crippen molar-refractivity contribution < 1.29 is 4.42 Å². The van der Waals surface area contributed by atoms with E-state index in [1.165, 1.54) is 23.1 Å². The number of furan rings is 1. The minimum Gasteiger partial charge on any atom is -0.469 e. The molecule has 1 aromatic heterocycles. The summed E-state index contributed by atoms with van der Waals surface area (Å²) in [7, 11) is 0. The SMILES string of the molecule is CCNC(CC1Cc2ccccc21)c1ccoc1C. The monoisotopic (exact) mass is 255 g/mol. The molecule has 1 aliphatic rings. The molecule has 1 heterocycles. The van der Waals surface area contributed by atoms with Gasteiger partial charge in [0.1, 0.15) is 5.76 Å². The van der Waals surface area contributed by atoms with Crippen LogP contribution in [0.1, 0.15) is 47.8 Å². The Morgan fingerprint density at radius 2 is 2.16 bits per heavy atom. The third-order valence-corrected chi connectivity index (χ3v) is 4.21. The Labute approximate surface area is 114 Å². The molecule has 1 aromatic carbocycles. The molecule has 0 fully saturated rings. The second-order valence-corrected chi connectivity index (χ2v) is 5.38. The molecule has 0 saturated heterocycles. The molecule has 2 heteroatoms. The number of hydrogen-bond donors (Lipinski definition) is 1. The molecule has 2 aromatic rings. The predicted molar refractivity (Wildman–Crippen MR) is 77.4 cm³/mol. The van der Waals surface area contributed by atoms with E-state index in [1.54, 1.807) is 6.26 Å². The van der Waals surface area contributed by atoms with Crippen molar-refractivity contribution in [2.45, 2.75) is 38.6 Å². The lowest BCUT2D eigenvalue weighted by molar-refractivity contribution is 0.427. The summed E-state index contributed by atoms with van der Waals surface area (Å²) in [6.45, 7) is 5.20. The summed E-state index contributed by atoms with van der Waals surface area (Å²) in [6, 6.07) is 11.3. The van der Waals surface area contributed by atoms with Crippen LogP contribution in [0.4, 0.5) is 0 Å². The van der Waals surface area contributed by atoms with Gasteiger partial charge < -0.3 is 9.73 Å². The number of hydrogen-bond acceptors (Lipinski definition) is 2.